The van der Waals surface area contributed by atoms with E-state index in [1.54, 1.807) is 0 Å². The molecule has 2 aliphatic rings. The highest BCUT2D eigenvalue weighted by Crippen LogP contribution is 2.69. The van der Waals surface area contributed by atoms with Crippen LogP contribution < -0.4 is 0 Å². The fourth-order valence-electron chi connectivity index (χ4n) is 3.33. The van der Waals surface area contributed by atoms with Crippen molar-refractivity contribution in [3.05, 3.63) is 0 Å². The van der Waals surface area contributed by atoms with Crippen LogP contribution in [0, 0.1) is 10.8 Å². The maximum absolute atomic E-state index is 9.77. The number of aliphatic hydroxyl groups is 1. The van der Waals surface area contributed by atoms with Crippen LogP contribution in [0.15, 0.2) is 0 Å². The monoisotopic (exact) mass is 168 g/mol. The summed E-state index contributed by atoms with van der Waals surface area (Å²) in [5.74, 6) is 0. The molecular formula is C11H20O. The molecule has 2 aliphatic carbocycles. The van der Waals surface area contributed by atoms with Gasteiger partial charge in [0.05, 0.1) is 6.10 Å². The standard InChI is InChI=1S/C11H20O/c1-3-10(5-4-6-10)11(7-8-11)9(2)12/h9,12H,3-8H2,1-2H3. The minimum Gasteiger partial charge on any atom is -0.393 e. The van der Waals surface area contributed by atoms with Crippen molar-refractivity contribution in [2.45, 2.75) is 58.5 Å². The van der Waals surface area contributed by atoms with Crippen molar-refractivity contribution in [1.29, 1.82) is 0 Å². The van der Waals surface area contributed by atoms with Crippen molar-refractivity contribution >= 4 is 0 Å². The van der Waals surface area contributed by atoms with Gasteiger partial charge in [-0.3, -0.25) is 0 Å². The molecule has 0 radical (unpaired) electrons. The molecule has 12 heavy (non-hydrogen) atoms. The Balaban J connectivity index is 2.15. The van der Waals surface area contributed by atoms with Crippen molar-refractivity contribution in [2.24, 2.45) is 10.8 Å². The van der Waals surface area contributed by atoms with Crippen LogP contribution in [0.3, 0.4) is 0 Å². The lowest BCUT2D eigenvalue weighted by Gasteiger charge is -2.49. The second-order valence-electron chi connectivity index (χ2n) is 4.82. The van der Waals surface area contributed by atoms with Gasteiger partial charge in [-0.2, -0.15) is 0 Å². The van der Waals surface area contributed by atoms with E-state index in [9.17, 15) is 5.11 Å². The molecule has 1 unspecified atom stereocenters. The maximum Gasteiger partial charge on any atom is 0.0573 e. The summed E-state index contributed by atoms with van der Waals surface area (Å²) in [4.78, 5) is 0. The van der Waals surface area contributed by atoms with Gasteiger partial charge in [0, 0.05) is 5.41 Å². The summed E-state index contributed by atoms with van der Waals surface area (Å²) in [6.07, 6.45) is 7.89. The summed E-state index contributed by atoms with van der Waals surface area (Å²) in [5.41, 5.74) is 0.890. The summed E-state index contributed by atoms with van der Waals surface area (Å²) in [7, 11) is 0. The molecule has 0 aliphatic heterocycles. The molecule has 0 aromatic heterocycles. The highest BCUT2D eigenvalue weighted by atomic mass is 16.3. The van der Waals surface area contributed by atoms with Crippen LogP contribution in [0.25, 0.3) is 0 Å². The molecule has 2 fully saturated rings. The fraction of sp³-hybridized carbons (Fsp3) is 1.00. The molecule has 2 saturated carbocycles. The van der Waals surface area contributed by atoms with E-state index in [4.69, 9.17) is 0 Å². The Morgan fingerprint density at radius 2 is 1.83 bits per heavy atom. The molecular weight excluding hydrogens is 148 g/mol. The molecule has 0 heterocycles. The van der Waals surface area contributed by atoms with Gasteiger partial charge in [0.1, 0.15) is 0 Å². The first-order valence-corrected chi connectivity index (χ1v) is 5.35. The maximum atomic E-state index is 9.77. The summed E-state index contributed by atoms with van der Waals surface area (Å²) in [6.45, 7) is 4.28. The van der Waals surface area contributed by atoms with Crippen LogP contribution in [0.4, 0.5) is 0 Å². The molecule has 1 N–H and O–H groups in total. The van der Waals surface area contributed by atoms with Gasteiger partial charge in [0.25, 0.3) is 0 Å². The van der Waals surface area contributed by atoms with Gasteiger partial charge in [-0.1, -0.05) is 13.3 Å². The van der Waals surface area contributed by atoms with Gasteiger partial charge in [-0.15, -0.1) is 0 Å². The molecule has 0 bridgehead atoms. The third kappa shape index (κ3) is 0.834. The molecule has 0 aromatic carbocycles. The number of rotatable bonds is 3. The van der Waals surface area contributed by atoms with Gasteiger partial charge in [-0.25, -0.2) is 0 Å². The average molecular weight is 168 g/mol. The van der Waals surface area contributed by atoms with E-state index < -0.39 is 0 Å². The second-order valence-corrected chi connectivity index (χ2v) is 4.82. The van der Waals surface area contributed by atoms with E-state index in [0.29, 0.717) is 10.8 Å². The molecule has 2 rings (SSSR count). The lowest BCUT2D eigenvalue weighted by atomic mass is 9.56. The molecule has 70 valence electrons. The Morgan fingerprint density at radius 3 is 1.92 bits per heavy atom. The number of aliphatic hydroxyl groups excluding tert-OH is 1. The zero-order valence-electron chi connectivity index (χ0n) is 8.27. The van der Waals surface area contributed by atoms with Gasteiger partial charge >= 0.3 is 0 Å². The summed E-state index contributed by atoms with van der Waals surface area (Å²) >= 11 is 0. The molecule has 0 spiro atoms. The normalized spacial score (nSPS) is 32.2. The van der Waals surface area contributed by atoms with Crippen molar-refractivity contribution in [3.8, 4) is 0 Å². The van der Waals surface area contributed by atoms with Crippen molar-refractivity contribution in [3.63, 3.8) is 0 Å². The number of hydrogen-bond donors (Lipinski definition) is 1. The Bertz CT molecular complexity index is 170. The fourth-order valence-corrected chi connectivity index (χ4v) is 3.33. The summed E-state index contributed by atoms with van der Waals surface area (Å²) < 4.78 is 0. The Hall–Kier alpha value is -0.0400. The Kier molecular flexibility index (Phi) is 1.76. The van der Waals surface area contributed by atoms with Crippen LogP contribution in [0.5, 0.6) is 0 Å². The van der Waals surface area contributed by atoms with Crippen LogP contribution in [-0.4, -0.2) is 11.2 Å². The minimum absolute atomic E-state index is 0.0715. The summed E-state index contributed by atoms with van der Waals surface area (Å²) in [6, 6.07) is 0. The van der Waals surface area contributed by atoms with Crippen LogP contribution >= 0.6 is 0 Å². The van der Waals surface area contributed by atoms with E-state index >= 15 is 0 Å². The van der Waals surface area contributed by atoms with Crippen molar-refractivity contribution in [1.82, 2.24) is 0 Å². The van der Waals surface area contributed by atoms with Crippen LogP contribution in [0.1, 0.15) is 52.4 Å². The van der Waals surface area contributed by atoms with Gasteiger partial charge in [-0.05, 0) is 44.4 Å². The van der Waals surface area contributed by atoms with E-state index in [1.165, 1.54) is 38.5 Å². The predicted octanol–water partition coefficient (Wildman–Crippen LogP) is 2.73. The summed E-state index contributed by atoms with van der Waals surface area (Å²) in [5, 5.41) is 9.77. The SMILES string of the molecule is CCC1(C2(C(C)O)CC2)CCC1. The topological polar surface area (TPSA) is 20.2 Å². The highest BCUT2D eigenvalue weighted by molar-refractivity contribution is 5.12. The van der Waals surface area contributed by atoms with Gasteiger partial charge in [0.15, 0.2) is 0 Å². The second kappa shape index (κ2) is 2.47. The predicted molar refractivity (Wildman–Crippen MR) is 49.9 cm³/mol. The zero-order chi connectivity index (χ0) is 8.82. The smallest absolute Gasteiger partial charge is 0.0573 e. The van der Waals surface area contributed by atoms with Crippen LogP contribution in [0.2, 0.25) is 0 Å². The van der Waals surface area contributed by atoms with Crippen LogP contribution in [-0.2, 0) is 0 Å². The quantitative estimate of drug-likeness (QED) is 0.687. The van der Waals surface area contributed by atoms with E-state index in [2.05, 4.69) is 6.92 Å². The van der Waals surface area contributed by atoms with E-state index in [-0.39, 0.29) is 6.10 Å². The van der Waals surface area contributed by atoms with E-state index in [0.717, 1.165) is 0 Å². The number of hydrogen-bond acceptors (Lipinski definition) is 1. The molecule has 0 saturated heterocycles. The first-order chi connectivity index (χ1) is 5.67. The largest absolute Gasteiger partial charge is 0.393 e. The lowest BCUT2D eigenvalue weighted by molar-refractivity contribution is -0.0498. The van der Waals surface area contributed by atoms with Crippen molar-refractivity contribution < 1.29 is 5.11 Å². The molecule has 1 nitrogen and oxygen atoms in total. The Morgan fingerprint density at radius 1 is 1.25 bits per heavy atom. The minimum atomic E-state index is -0.0715. The van der Waals surface area contributed by atoms with Crippen molar-refractivity contribution in [2.75, 3.05) is 0 Å². The van der Waals surface area contributed by atoms with Gasteiger partial charge < -0.3 is 5.11 Å². The van der Waals surface area contributed by atoms with Gasteiger partial charge in [0.2, 0.25) is 0 Å². The molecule has 0 amide bonds. The third-order valence-corrected chi connectivity index (χ3v) is 4.63. The molecule has 1 heteroatoms. The molecule has 1 atom stereocenters. The lowest BCUT2D eigenvalue weighted by Crippen LogP contribution is -2.43. The highest BCUT2D eigenvalue weighted by Gasteiger charge is 2.62. The third-order valence-electron chi connectivity index (χ3n) is 4.63. The first-order valence-electron chi connectivity index (χ1n) is 5.35. The zero-order valence-corrected chi connectivity index (χ0v) is 8.27. The first kappa shape index (κ1) is 8.55. The molecule has 0 aromatic rings. The van der Waals surface area contributed by atoms with E-state index in [1.807, 2.05) is 6.92 Å². The average Bonchev–Trinajstić information content (AvgIpc) is 2.67. The Labute approximate surface area is 75.2 Å².